The van der Waals surface area contributed by atoms with Gasteiger partial charge in [0.1, 0.15) is 5.82 Å². The number of ketones is 1. The van der Waals surface area contributed by atoms with Gasteiger partial charge in [0, 0.05) is 11.8 Å². The lowest BCUT2D eigenvalue weighted by Crippen LogP contribution is -2.10. The molecule has 0 bridgehead atoms. The zero-order valence-electron chi connectivity index (χ0n) is 10.5. The third kappa shape index (κ3) is 2.79. The molecule has 0 amide bonds. The maximum atomic E-state index is 12.6. The highest BCUT2D eigenvalue weighted by Crippen LogP contribution is 2.30. The van der Waals surface area contributed by atoms with Crippen LogP contribution in [0.25, 0.3) is 0 Å². The van der Waals surface area contributed by atoms with Crippen molar-refractivity contribution in [3.05, 3.63) is 58.8 Å². The first-order valence-corrected chi connectivity index (χ1v) is 5.73. The molecule has 0 unspecified atom stereocenters. The predicted octanol–water partition coefficient (Wildman–Crippen LogP) is 3.22. The summed E-state index contributed by atoms with van der Waals surface area (Å²) < 4.78 is 37.9. The molecule has 104 valence electrons. The molecule has 6 heteroatoms. The number of aryl methyl sites for hydroxylation is 1. The average Bonchev–Trinajstić information content (AvgIpc) is 2.40. The molecular formula is C14H11F3N2O. The lowest BCUT2D eigenvalue weighted by Gasteiger charge is -2.09. The molecule has 2 rings (SSSR count). The minimum atomic E-state index is -4.49. The third-order valence-electron chi connectivity index (χ3n) is 2.75. The van der Waals surface area contributed by atoms with Gasteiger partial charge in [0.25, 0.3) is 0 Å². The fourth-order valence-electron chi connectivity index (χ4n) is 1.75. The van der Waals surface area contributed by atoms with Crippen molar-refractivity contribution in [1.82, 2.24) is 4.98 Å². The molecule has 0 aliphatic heterocycles. The molecule has 2 aromatic rings. The molecule has 0 atom stereocenters. The lowest BCUT2D eigenvalue weighted by molar-refractivity contribution is -0.137. The first kappa shape index (κ1) is 14.0. The highest BCUT2D eigenvalue weighted by atomic mass is 19.4. The van der Waals surface area contributed by atoms with Crippen molar-refractivity contribution in [2.24, 2.45) is 0 Å². The zero-order chi connectivity index (χ0) is 14.9. The second-order valence-electron chi connectivity index (χ2n) is 4.35. The number of hydrogen-bond donors (Lipinski definition) is 1. The van der Waals surface area contributed by atoms with Crippen molar-refractivity contribution in [2.45, 2.75) is 13.1 Å². The van der Waals surface area contributed by atoms with Gasteiger partial charge in [0.15, 0.2) is 5.78 Å². The van der Waals surface area contributed by atoms with Crippen LogP contribution in [0.1, 0.15) is 27.0 Å². The average molecular weight is 280 g/mol. The molecule has 0 spiro atoms. The number of pyridine rings is 1. The van der Waals surface area contributed by atoms with E-state index >= 15 is 0 Å². The molecule has 0 aliphatic carbocycles. The summed E-state index contributed by atoms with van der Waals surface area (Å²) in [5, 5.41) is 0. The Morgan fingerprint density at radius 1 is 1.25 bits per heavy atom. The Balaban J connectivity index is 2.46. The molecule has 0 saturated carbocycles. The SMILES string of the molecule is Cc1cnc(N)c(C(=O)c2cccc(C(F)(F)F)c2)c1. The van der Waals surface area contributed by atoms with Crippen LogP contribution < -0.4 is 5.73 Å². The number of aromatic nitrogens is 1. The number of nitrogens with zero attached hydrogens (tertiary/aromatic N) is 1. The van der Waals surface area contributed by atoms with Crippen molar-refractivity contribution in [3.63, 3.8) is 0 Å². The summed E-state index contributed by atoms with van der Waals surface area (Å²) in [4.78, 5) is 16.0. The number of benzene rings is 1. The summed E-state index contributed by atoms with van der Waals surface area (Å²) in [6.45, 7) is 1.72. The fraction of sp³-hybridized carbons (Fsp3) is 0.143. The van der Waals surface area contributed by atoms with Crippen molar-refractivity contribution in [1.29, 1.82) is 0 Å². The van der Waals surface area contributed by atoms with Gasteiger partial charge >= 0.3 is 6.18 Å². The van der Waals surface area contributed by atoms with Gasteiger partial charge in [-0.15, -0.1) is 0 Å². The number of rotatable bonds is 2. The van der Waals surface area contributed by atoms with Crippen LogP contribution in [0, 0.1) is 6.92 Å². The molecule has 0 fully saturated rings. The topological polar surface area (TPSA) is 56.0 Å². The van der Waals surface area contributed by atoms with Crippen LogP contribution in [-0.2, 0) is 6.18 Å². The van der Waals surface area contributed by atoms with E-state index in [0.29, 0.717) is 5.56 Å². The van der Waals surface area contributed by atoms with Crippen molar-refractivity contribution in [3.8, 4) is 0 Å². The van der Waals surface area contributed by atoms with Gasteiger partial charge in [-0.25, -0.2) is 4.98 Å². The van der Waals surface area contributed by atoms with Crippen LogP contribution in [-0.4, -0.2) is 10.8 Å². The quantitative estimate of drug-likeness (QED) is 0.859. The first-order valence-electron chi connectivity index (χ1n) is 5.73. The Bertz CT molecular complexity index is 666. The van der Waals surface area contributed by atoms with Gasteiger partial charge in [-0.2, -0.15) is 13.2 Å². The highest BCUT2D eigenvalue weighted by Gasteiger charge is 2.31. The first-order chi connectivity index (χ1) is 9.29. The number of anilines is 1. The van der Waals surface area contributed by atoms with E-state index in [2.05, 4.69) is 4.98 Å². The minimum absolute atomic E-state index is 0.00184. The summed E-state index contributed by atoms with van der Waals surface area (Å²) >= 11 is 0. The van der Waals surface area contributed by atoms with Crippen LogP contribution in [0.4, 0.5) is 19.0 Å². The standard InChI is InChI=1S/C14H11F3N2O/c1-8-5-11(13(18)19-7-8)12(20)9-3-2-4-10(6-9)14(15,16)17/h2-7H,1H3,(H2,18,19). The van der Waals surface area contributed by atoms with Gasteiger partial charge in [-0.1, -0.05) is 12.1 Å². The Kier molecular flexibility index (Phi) is 3.48. The van der Waals surface area contributed by atoms with Crippen LogP contribution in [0.15, 0.2) is 36.5 Å². The Morgan fingerprint density at radius 2 is 1.95 bits per heavy atom. The number of nitrogens with two attached hydrogens (primary N) is 1. The number of alkyl halides is 3. The van der Waals surface area contributed by atoms with Crippen molar-refractivity contribution in [2.75, 3.05) is 5.73 Å². The third-order valence-corrected chi connectivity index (χ3v) is 2.75. The van der Waals surface area contributed by atoms with Gasteiger partial charge in [0.05, 0.1) is 11.1 Å². The van der Waals surface area contributed by atoms with Crippen LogP contribution in [0.5, 0.6) is 0 Å². The van der Waals surface area contributed by atoms with Gasteiger partial charge in [-0.3, -0.25) is 4.79 Å². The molecule has 1 aromatic carbocycles. The molecule has 1 heterocycles. The predicted molar refractivity (Wildman–Crippen MR) is 68.3 cm³/mol. The van der Waals surface area contributed by atoms with Gasteiger partial charge < -0.3 is 5.73 Å². The number of halogens is 3. The summed E-state index contributed by atoms with van der Waals surface area (Å²) in [7, 11) is 0. The van der Waals surface area contributed by atoms with Crippen molar-refractivity contribution >= 4 is 11.6 Å². The molecule has 0 aliphatic rings. The van der Waals surface area contributed by atoms with Gasteiger partial charge in [0.2, 0.25) is 0 Å². The van der Waals surface area contributed by atoms with Crippen molar-refractivity contribution < 1.29 is 18.0 Å². The maximum absolute atomic E-state index is 12.6. The summed E-state index contributed by atoms with van der Waals surface area (Å²) in [6.07, 6.45) is -3.01. The minimum Gasteiger partial charge on any atom is -0.383 e. The molecule has 20 heavy (non-hydrogen) atoms. The summed E-state index contributed by atoms with van der Waals surface area (Å²) in [6, 6.07) is 5.73. The van der Waals surface area contributed by atoms with E-state index in [1.807, 2.05) is 0 Å². The Morgan fingerprint density at radius 3 is 2.60 bits per heavy atom. The highest BCUT2D eigenvalue weighted by molar-refractivity contribution is 6.11. The molecule has 3 nitrogen and oxygen atoms in total. The summed E-state index contributed by atoms with van der Waals surface area (Å²) in [5.41, 5.74) is 5.46. The molecule has 1 aromatic heterocycles. The second kappa shape index (κ2) is 4.96. The van der Waals surface area contributed by atoms with Crippen LogP contribution in [0.3, 0.4) is 0 Å². The molecule has 2 N–H and O–H groups in total. The van der Waals surface area contributed by atoms with Crippen LogP contribution in [0.2, 0.25) is 0 Å². The van der Waals surface area contributed by atoms with E-state index in [9.17, 15) is 18.0 Å². The second-order valence-corrected chi connectivity index (χ2v) is 4.35. The molecule has 0 radical (unpaired) electrons. The normalized spacial score (nSPS) is 11.4. The van der Waals surface area contributed by atoms with Crippen LogP contribution >= 0.6 is 0 Å². The lowest BCUT2D eigenvalue weighted by atomic mass is 10.0. The Hall–Kier alpha value is -2.37. The van der Waals surface area contributed by atoms with E-state index in [1.165, 1.54) is 24.4 Å². The van der Waals surface area contributed by atoms with E-state index in [4.69, 9.17) is 5.73 Å². The number of carbonyl (C=O) groups excluding carboxylic acids is 1. The summed E-state index contributed by atoms with van der Waals surface area (Å²) in [5.74, 6) is -0.581. The number of carbonyl (C=O) groups is 1. The number of hydrogen-bond acceptors (Lipinski definition) is 3. The maximum Gasteiger partial charge on any atom is 0.416 e. The number of nitrogen functional groups attached to an aromatic ring is 1. The smallest absolute Gasteiger partial charge is 0.383 e. The Labute approximate surface area is 113 Å². The largest absolute Gasteiger partial charge is 0.416 e. The van der Waals surface area contributed by atoms with Gasteiger partial charge in [-0.05, 0) is 30.7 Å². The van der Waals surface area contributed by atoms with E-state index in [0.717, 1.165) is 12.1 Å². The molecular weight excluding hydrogens is 269 g/mol. The fourth-order valence-corrected chi connectivity index (χ4v) is 1.75. The monoisotopic (exact) mass is 280 g/mol. The van der Waals surface area contributed by atoms with E-state index in [1.54, 1.807) is 6.92 Å². The zero-order valence-corrected chi connectivity index (χ0v) is 10.5. The van der Waals surface area contributed by atoms with E-state index in [-0.39, 0.29) is 16.9 Å². The van der Waals surface area contributed by atoms with E-state index < -0.39 is 17.5 Å². The molecule has 0 saturated heterocycles.